The van der Waals surface area contributed by atoms with Crippen molar-refractivity contribution in [2.45, 2.75) is 25.9 Å². The molecule has 6 heteroatoms. The van der Waals surface area contributed by atoms with Crippen LogP contribution in [0.2, 0.25) is 0 Å². The molecule has 3 N–H and O–H groups in total. The fourth-order valence-electron chi connectivity index (χ4n) is 2.39. The van der Waals surface area contributed by atoms with Crippen LogP contribution in [0.4, 0.5) is 11.4 Å². The Kier molecular flexibility index (Phi) is 4.90. The van der Waals surface area contributed by atoms with Gasteiger partial charge in [-0.15, -0.1) is 0 Å². The Bertz CT molecular complexity index is 505. The average molecular weight is 293 g/mol. The first kappa shape index (κ1) is 15.4. The van der Waals surface area contributed by atoms with E-state index in [1.165, 1.54) is 0 Å². The summed E-state index contributed by atoms with van der Waals surface area (Å²) in [6.45, 7) is 5.42. The lowest BCUT2D eigenvalue weighted by atomic mass is 10.1. The molecule has 0 aliphatic carbocycles. The molecule has 1 aliphatic rings. The Morgan fingerprint density at radius 3 is 2.95 bits per heavy atom. The smallest absolute Gasteiger partial charge is 0.245 e. The molecule has 1 unspecified atom stereocenters. The van der Waals surface area contributed by atoms with Gasteiger partial charge in [-0.3, -0.25) is 4.79 Å². The number of benzene rings is 1. The first-order valence-electron chi connectivity index (χ1n) is 7.11. The number of carbonyl (C=O) groups excluding carboxylic acids is 1. The number of ether oxygens (including phenoxy) is 2. The van der Waals surface area contributed by atoms with Gasteiger partial charge >= 0.3 is 0 Å². The van der Waals surface area contributed by atoms with E-state index in [2.05, 4.69) is 5.32 Å². The quantitative estimate of drug-likeness (QED) is 0.810. The van der Waals surface area contributed by atoms with Crippen molar-refractivity contribution >= 4 is 17.3 Å². The molecule has 116 valence electrons. The number of amides is 1. The van der Waals surface area contributed by atoms with E-state index in [1.807, 2.05) is 30.9 Å². The Balaban J connectivity index is 2.28. The third-order valence-corrected chi connectivity index (χ3v) is 3.41. The second-order valence-corrected chi connectivity index (χ2v) is 5.37. The second kappa shape index (κ2) is 6.67. The molecule has 0 saturated carbocycles. The molecule has 1 amide bonds. The number of hydrogen-bond acceptors (Lipinski definition) is 5. The van der Waals surface area contributed by atoms with Crippen molar-refractivity contribution < 1.29 is 14.3 Å². The lowest BCUT2D eigenvalue weighted by Gasteiger charge is -2.37. The Morgan fingerprint density at radius 1 is 1.52 bits per heavy atom. The van der Waals surface area contributed by atoms with Gasteiger partial charge in [0.2, 0.25) is 5.91 Å². The minimum Gasteiger partial charge on any atom is -0.497 e. The number of nitrogen functional groups attached to an aromatic ring is 1. The van der Waals surface area contributed by atoms with Crippen molar-refractivity contribution in [1.82, 2.24) is 5.32 Å². The average Bonchev–Trinajstić information content (AvgIpc) is 2.47. The molecule has 1 aromatic rings. The number of rotatable bonds is 4. The summed E-state index contributed by atoms with van der Waals surface area (Å²) in [6.07, 6.45) is 0. The molecular formula is C15H23N3O3. The highest BCUT2D eigenvalue weighted by atomic mass is 16.5. The van der Waals surface area contributed by atoms with E-state index < -0.39 is 0 Å². The van der Waals surface area contributed by atoms with E-state index in [1.54, 1.807) is 13.2 Å². The topological polar surface area (TPSA) is 76.8 Å². The molecule has 1 aliphatic heterocycles. The van der Waals surface area contributed by atoms with E-state index in [-0.39, 0.29) is 18.0 Å². The van der Waals surface area contributed by atoms with E-state index in [0.717, 1.165) is 5.69 Å². The van der Waals surface area contributed by atoms with Crippen LogP contribution in [0.3, 0.4) is 0 Å². The number of nitrogens with two attached hydrogens (primary N) is 1. The Morgan fingerprint density at radius 2 is 2.29 bits per heavy atom. The molecule has 6 nitrogen and oxygen atoms in total. The summed E-state index contributed by atoms with van der Waals surface area (Å²) in [6, 6.07) is 5.17. The zero-order valence-corrected chi connectivity index (χ0v) is 12.8. The standard InChI is InChI=1S/C15H23N3O3/c1-10(2)17-15(19)14-9-21-7-6-18(14)13-8-11(20-3)4-5-12(13)16/h4-5,8,10,14H,6-7,9,16H2,1-3H3,(H,17,19). The van der Waals surface area contributed by atoms with E-state index >= 15 is 0 Å². The molecule has 0 aromatic heterocycles. The van der Waals surface area contributed by atoms with Crippen LogP contribution < -0.4 is 20.7 Å². The molecular weight excluding hydrogens is 270 g/mol. The Hall–Kier alpha value is -1.95. The van der Waals surface area contributed by atoms with Crippen molar-refractivity contribution in [3.63, 3.8) is 0 Å². The van der Waals surface area contributed by atoms with Crippen molar-refractivity contribution in [2.75, 3.05) is 37.5 Å². The largest absolute Gasteiger partial charge is 0.497 e. The van der Waals surface area contributed by atoms with Gasteiger partial charge in [-0.2, -0.15) is 0 Å². The summed E-state index contributed by atoms with van der Waals surface area (Å²) in [5.74, 6) is 0.667. The van der Waals surface area contributed by atoms with Crippen molar-refractivity contribution in [3.05, 3.63) is 18.2 Å². The summed E-state index contributed by atoms with van der Waals surface area (Å²) in [5, 5.41) is 2.93. The fraction of sp³-hybridized carbons (Fsp3) is 0.533. The highest BCUT2D eigenvalue weighted by molar-refractivity contribution is 5.87. The van der Waals surface area contributed by atoms with Gasteiger partial charge in [-0.05, 0) is 26.0 Å². The van der Waals surface area contributed by atoms with Gasteiger partial charge in [0.05, 0.1) is 31.7 Å². The minimum atomic E-state index is -0.379. The van der Waals surface area contributed by atoms with Crippen LogP contribution in [-0.2, 0) is 9.53 Å². The number of nitrogens with one attached hydrogen (secondary N) is 1. The summed E-state index contributed by atoms with van der Waals surface area (Å²) in [7, 11) is 1.61. The molecule has 0 spiro atoms. The number of methoxy groups -OCH3 is 1. The van der Waals surface area contributed by atoms with Crippen molar-refractivity contribution in [1.29, 1.82) is 0 Å². The summed E-state index contributed by atoms with van der Waals surface area (Å²) < 4.78 is 10.7. The number of morpholine rings is 1. The normalized spacial score (nSPS) is 18.7. The molecule has 1 fully saturated rings. The predicted octanol–water partition coefficient (Wildman–Crippen LogP) is 1.01. The fourth-order valence-corrected chi connectivity index (χ4v) is 2.39. The van der Waals surface area contributed by atoms with Crippen molar-refractivity contribution in [2.24, 2.45) is 0 Å². The second-order valence-electron chi connectivity index (χ2n) is 5.37. The zero-order chi connectivity index (χ0) is 15.4. The maximum absolute atomic E-state index is 12.4. The maximum atomic E-state index is 12.4. The highest BCUT2D eigenvalue weighted by Crippen LogP contribution is 2.30. The van der Waals surface area contributed by atoms with Crippen LogP contribution in [0, 0.1) is 0 Å². The number of anilines is 2. The van der Waals surface area contributed by atoms with E-state index in [4.69, 9.17) is 15.2 Å². The molecule has 21 heavy (non-hydrogen) atoms. The van der Waals surface area contributed by atoms with Crippen LogP contribution >= 0.6 is 0 Å². The van der Waals surface area contributed by atoms with Crippen LogP contribution in [0.5, 0.6) is 5.75 Å². The lowest BCUT2D eigenvalue weighted by molar-refractivity contribution is -0.125. The Labute approximate surface area is 125 Å². The van der Waals surface area contributed by atoms with Gasteiger partial charge in [-0.25, -0.2) is 0 Å². The zero-order valence-electron chi connectivity index (χ0n) is 12.8. The molecule has 0 bridgehead atoms. The predicted molar refractivity (Wildman–Crippen MR) is 82.6 cm³/mol. The minimum absolute atomic E-state index is 0.0491. The van der Waals surface area contributed by atoms with Crippen LogP contribution in [0.25, 0.3) is 0 Å². The van der Waals surface area contributed by atoms with Gasteiger partial charge in [0.1, 0.15) is 11.8 Å². The number of hydrogen-bond donors (Lipinski definition) is 2. The molecule has 2 rings (SSSR count). The molecule has 1 saturated heterocycles. The van der Waals surface area contributed by atoms with E-state index in [0.29, 0.717) is 31.2 Å². The lowest BCUT2D eigenvalue weighted by Crippen LogP contribution is -2.55. The molecule has 0 radical (unpaired) electrons. The highest BCUT2D eigenvalue weighted by Gasteiger charge is 2.31. The molecule has 1 aromatic carbocycles. The summed E-state index contributed by atoms with van der Waals surface area (Å²) in [5.41, 5.74) is 7.50. The van der Waals surface area contributed by atoms with Gasteiger partial charge in [0.25, 0.3) is 0 Å². The SMILES string of the molecule is COc1ccc(N)c(N2CCOCC2C(=O)NC(C)C)c1. The van der Waals surface area contributed by atoms with Gasteiger partial charge in [0, 0.05) is 18.7 Å². The van der Waals surface area contributed by atoms with Crippen LogP contribution in [0.1, 0.15) is 13.8 Å². The first-order chi connectivity index (χ1) is 10.0. The van der Waals surface area contributed by atoms with Gasteiger partial charge in [-0.1, -0.05) is 0 Å². The van der Waals surface area contributed by atoms with Crippen LogP contribution in [0.15, 0.2) is 18.2 Å². The third-order valence-electron chi connectivity index (χ3n) is 3.41. The number of carbonyl (C=O) groups is 1. The number of nitrogens with zero attached hydrogens (tertiary/aromatic N) is 1. The van der Waals surface area contributed by atoms with Gasteiger partial charge in [0.15, 0.2) is 0 Å². The first-order valence-corrected chi connectivity index (χ1v) is 7.11. The summed E-state index contributed by atoms with van der Waals surface area (Å²) in [4.78, 5) is 14.3. The molecule has 1 atom stereocenters. The monoisotopic (exact) mass is 293 g/mol. The third kappa shape index (κ3) is 3.58. The molecule has 1 heterocycles. The van der Waals surface area contributed by atoms with E-state index in [9.17, 15) is 4.79 Å². The van der Waals surface area contributed by atoms with Crippen LogP contribution in [-0.4, -0.2) is 44.9 Å². The maximum Gasteiger partial charge on any atom is 0.245 e. The van der Waals surface area contributed by atoms with Gasteiger partial charge < -0.3 is 25.4 Å². The van der Waals surface area contributed by atoms with Crippen molar-refractivity contribution in [3.8, 4) is 5.75 Å². The summed E-state index contributed by atoms with van der Waals surface area (Å²) >= 11 is 0.